The van der Waals surface area contributed by atoms with Crippen molar-refractivity contribution in [1.29, 1.82) is 0 Å². The maximum absolute atomic E-state index is 9.49. The highest BCUT2D eigenvalue weighted by atomic mass is 16.3. The minimum Gasteiger partial charge on any atom is -0.387 e. The van der Waals surface area contributed by atoms with E-state index in [1.165, 1.54) is 0 Å². The van der Waals surface area contributed by atoms with Crippen molar-refractivity contribution in [2.45, 2.75) is 6.10 Å². The maximum Gasteiger partial charge on any atom is 0.0912 e. The molecule has 0 aliphatic heterocycles. The van der Waals surface area contributed by atoms with Crippen LogP contribution in [0.15, 0.2) is 30.5 Å². The topological polar surface area (TPSA) is 62.0 Å². The third-order valence-corrected chi connectivity index (χ3v) is 2.19. The van der Waals surface area contributed by atoms with E-state index in [0.29, 0.717) is 0 Å². The molecule has 0 fully saturated rings. The Balaban J connectivity index is 2.48. The Labute approximate surface area is 76.2 Å². The highest BCUT2D eigenvalue weighted by Gasteiger charge is 2.05. The number of aromatic amines is 1. The number of H-pyrrole nitrogens is 1. The molecule has 13 heavy (non-hydrogen) atoms. The van der Waals surface area contributed by atoms with E-state index in [9.17, 15) is 5.11 Å². The van der Waals surface area contributed by atoms with Gasteiger partial charge in [-0.3, -0.25) is 0 Å². The SMILES string of the molecule is NC[C@H](O)c1ccc2[nH]ccc2c1. The van der Waals surface area contributed by atoms with Crippen molar-refractivity contribution < 1.29 is 5.11 Å². The first kappa shape index (κ1) is 8.29. The molecule has 3 heteroatoms. The van der Waals surface area contributed by atoms with Gasteiger partial charge in [0.1, 0.15) is 0 Å². The number of hydrogen-bond acceptors (Lipinski definition) is 2. The molecular weight excluding hydrogens is 164 g/mol. The van der Waals surface area contributed by atoms with Gasteiger partial charge in [0.25, 0.3) is 0 Å². The summed E-state index contributed by atoms with van der Waals surface area (Å²) < 4.78 is 0. The zero-order chi connectivity index (χ0) is 9.26. The molecule has 68 valence electrons. The second-order valence-electron chi connectivity index (χ2n) is 3.08. The van der Waals surface area contributed by atoms with E-state index >= 15 is 0 Å². The minimum absolute atomic E-state index is 0.260. The Morgan fingerprint density at radius 1 is 1.38 bits per heavy atom. The Morgan fingerprint density at radius 2 is 2.23 bits per heavy atom. The predicted octanol–water partition coefficient (Wildman–Crippen LogP) is 1.16. The summed E-state index contributed by atoms with van der Waals surface area (Å²) in [5.41, 5.74) is 7.31. The minimum atomic E-state index is -0.556. The van der Waals surface area contributed by atoms with Crippen LogP contribution in [0.2, 0.25) is 0 Å². The van der Waals surface area contributed by atoms with Gasteiger partial charge < -0.3 is 15.8 Å². The van der Waals surface area contributed by atoms with Gasteiger partial charge in [-0.15, -0.1) is 0 Å². The predicted molar refractivity (Wildman–Crippen MR) is 52.3 cm³/mol. The van der Waals surface area contributed by atoms with Gasteiger partial charge in [0.05, 0.1) is 6.10 Å². The van der Waals surface area contributed by atoms with E-state index in [1.807, 2.05) is 30.5 Å². The molecule has 0 saturated carbocycles. The normalized spacial score (nSPS) is 13.4. The van der Waals surface area contributed by atoms with E-state index in [1.54, 1.807) is 0 Å². The molecule has 0 spiro atoms. The van der Waals surface area contributed by atoms with Crippen molar-refractivity contribution in [3.05, 3.63) is 36.0 Å². The van der Waals surface area contributed by atoms with Crippen molar-refractivity contribution in [2.75, 3.05) is 6.54 Å². The van der Waals surface area contributed by atoms with Crippen molar-refractivity contribution in [1.82, 2.24) is 4.98 Å². The Hall–Kier alpha value is -1.32. The van der Waals surface area contributed by atoms with Crippen LogP contribution >= 0.6 is 0 Å². The van der Waals surface area contributed by atoms with Crippen molar-refractivity contribution in [3.63, 3.8) is 0 Å². The van der Waals surface area contributed by atoms with E-state index in [0.717, 1.165) is 16.5 Å². The lowest BCUT2D eigenvalue weighted by Crippen LogP contribution is -2.11. The third kappa shape index (κ3) is 1.43. The molecule has 0 radical (unpaired) electrons. The number of benzene rings is 1. The Kier molecular flexibility index (Phi) is 2.04. The molecule has 4 N–H and O–H groups in total. The molecule has 2 aromatic rings. The second kappa shape index (κ2) is 3.20. The van der Waals surface area contributed by atoms with Crippen LogP contribution in [0.3, 0.4) is 0 Å². The Bertz CT molecular complexity index is 408. The lowest BCUT2D eigenvalue weighted by atomic mass is 10.1. The number of fused-ring (bicyclic) bond motifs is 1. The standard InChI is InChI=1S/C10H12N2O/c11-6-10(13)8-1-2-9-7(5-8)3-4-12-9/h1-5,10,12-13H,6,11H2/t10-/m0/s1. The number of aromatic nitrogens is 1. The van der Waals surface area contributed by atoms with E-state index < -0.39 is 6.10 Å². The Morgan fingerprint density at radius 3 is 3.00 bits per heavy atom. The quantitative estimate of drug-likeness (QED) is 0.643. The molecule has 1 atom stereocenters. The van der Waals surface area contributed by atoms with Gasteiger partial charge >= 0.3 is 0 Å². The molecule has 1 aromatic heterocycles. The van der Waals surface area contributed by atoms with Gasteiger partial charge in [-0.1, -0.05) is 6.07 Å². The highest BCUT2D eigenvalue weighted by Crippen LogP contribution is 2.18. The molecule has 0 saturated heterocycles. The molecule has 0 aliphatic rings. The lowest BCUT2D eigenvalue weighted by molar-refractivity contribution is 0.187. The first-order valence-corrected chi connectivity index (χ1v) is 4.26. The van der Waals surface area contributed by atoms with Crippen molar-refractivity contribution in [3.8, 4) is 0 Å². The fourth-order valence-corrected chi connectivity index (χ4v) is 1.42. The largest absolute Gasteiger partial charge is 0.387 e. The smallest absolute Gasteiger partial charge is 0.0912 e. The number of rotatable bonds is 2. The van der Waals surface area contributed by atoms with Crippen LogP contribution < -0.4 is 5.73 Å². The van der Waals surface area contributed by atoms with Crippen LogP contribution in [0.25, 0.3) is 10.9 Å². The average Bonchev–Trinajstić information content (AvgIpc) is 2.63. The molecule has 0 aliphatic carbocycles. The lowest BCUT2D eigenvalue weighted by Gasteiger charge is -2.07. The van der Waals surface area contributed by atoms with Crippen LogP contribution in [0.4, 0.5) is 0 Å². The molecule has 1 aromatic carbocycles. The van der Waals surface area contributed by atoms with Crippen molar-refractivity contribution >= 4 is 10.9 Å². The van der Waals surface area contributed by atoms with Gasteiger partial charge in [-0.2, -0.15) is 0 Å². The molecule has 0 bridgehead atoms. The van der Waals surface area contributed by atoms with E-state index in [4.69, 9.17) is 5.73 Å². The fourth-order valence-electron chi connectivity index (χ4n) is 1.42. The summed E-state index contributed by atoms with van der Waals surface area (Å²) in [5.74, 6) is 0. The average molecular weight is 176 g/mol. The monoisotopic (exact) mass is 176 g/mol. The van der Waals surface area contributed by atoms with Gasteiger partial charge in [0, 0.05) is 18.3 Å². The molecular formula is C10H12N2O. The van der Waals surface area contributed by atoms with Crippen molar-refractivity contribution in [2.24, 2.45) is 5.73 Å². The second-order valence-corrected chi connectivity index (χ2v) is 3.08. The summed E-state index contributed by atoms with van der Waals surface area (Å²) in [6, 6.07) is 7.76. The summed E-state index contributed by atoms with van der Waals surface area (Å²) in [5, 5.41) is 10.6. The number of hydrogen-bond donors (Lipinski definition) is 3. The number of aliphatic hydroxyl groups excluding tert-OH is 1. The summed E-state index contributed by atoms with van der Waals surface area (Å²) in [7, 11) is 0. The zero-order valence-corrected chi connectivity index (χ0v) is 7.20. The first-order chi connectivity index (χ1) is 6.31. The molecule has 0 unspecified atom stereocenters. The van der Waals surface area contributed by atoms with Crippen LogP contribution in [0.1, 0.15) is 11.7 Å². The van der Waals surface area contributed by atoms with Crippen LogP contribution in [-0.2, 0) is 0 Å². The number of nitrogens with one attached hydrogen (secondary N) is 1. The third-order valence-electron chi connectivity index (χ3n) is 2.19. The molecule has 1 heterocycles. The molecule has 0 amide bonds. The van der Waals surface area contributed by atoms with Gasteiger partial charge in [-0.25, -0.2) is 0 Å². The molecule has 3 nitrogen and oxygen atoms in total. The van der Waals surface area contributed by atoms with E-state index in [-0.39, 0.29) is 6.54 Å². The first-order valence-electron chi connectivity index (χ1n) is 4.26. The van der Waals surface area contributed by atoms with Crippen LogP contribution in [0, 0.1) is 0 Å². The van der Waals surface area contributed by atoms with E-state index in [2.05, 4.69) is 4.98 Å². The van der Waals surface area contributed by atoms with Gasteiger partial charge in [-0.05, 0) is 29.1 Å². The summed E-state index contributed by atoms with van der Waals surface area (Å²) >= 11 is 0. The van der Waals surface area contributed by atoms with Gasteiger partial charge in [0.2, 0.25) is 0 Å². The zero-order valence-electron chi connectivity index (χ0n) is 7.20. The number of aliphatic hydroxyl groups is 1. The summed E-state index contributed by atoms with van der Waals surface area (Å²) in [6.07, 6.45) is 1.32. The maximum atomic E-state index is 9.49. The highest BCUT2D eigenvalue weighted by molar-refractivity contribution is 5.79. The summed E-state index contributed by atoms with van der Waals surface area (Å²) in [4.78, 5) is 3.09. The fraction of sp³-hybridized carbons (Fsp3) is 0.200. The summed E-state index contributed by atoms with van der Waals surface area (Å²) in [6.45, 7) is 0.260. The van der Waals surface area contributed by atoms with Crippen LogP contribution in [-0.4, -0.2) is 16.6 Å². The number of nitrogens with two attached hydrogens (primary N) is 1. The van der Waals surface area contributed by atoms with Crippen LogP contribution in [0.5, 0.6) is 0 Å². The molecule has 2 rings (SSSR count). The van der Waals surface area contributed by atoms with Gasteiger partial charge in [0.15, 0.2) is 0 Å².